The fourth-order valence-corrected chi connectivity index (χ4v) is 1.23. The van der Waals surface area contributed by atoms with E-state index in [1.807, 2.05) is 30.3 Å². The van der Waals surface area contributed by atoms with Gasteiger partial charge in [0, 0.05) is 13.1 Å². The molecule has 5 heteroatoms. The summed E-state index contributed by atoms with van der Waals surface area (Å²) in [7, 11) is 0. The zero-order valence-corrected chi connectivity index (χ0v) is 10.7. The molecule has 0 radical (unpaired) electrons. The minimum atomic E-state index is -0.746. The highest BCUT2D eigenvalue weighted by atomic mass is 16.2. The van der Waals surface area contributed by atoms with Gasteiger partial charge in [0.1, 0.15) is 0 Å². The minimum Gasteiger partial charge on any atom is -0.369 e. The molecule has 0 spiro atoms. The van der Waals surface area contributed by atoms with Crippen LogP contribution in [0.5, 0.6) is 0 Å². The predicted molar refractivity (Wildman–Crippen MR) is 69.7 cm³/mol. The van der Waals surface area contributed by atoms with E-state index in [9.17, 15) is 9.59 Å². The number of nitrogens with one attached hydrogen (secondary N) is 2. The highest BCUT2D eigenvalue weighted by Crippen LogP contribution is 2.11. The van der Waals surface area contributed by atoms with Gasteiger partial charge in [0.25, 0.3) is 0 Å². The van der Waals surface area contributed by atoms with Gasteiger partial charge in [-0.1, -0.05) is 30.3 Å². The van der Waals surface area contributed by atoms with Crippen LogP contribution in [0.4, 0.5) is 4.79 Å². The molecule has 0 atom stereocenters. The third-order valence-corrected chi connectivity index (χ3v) is 2.65. The van der Waals surface area contributed by atoms with Crippen molar-refractivity contribution in [2.45, 2.75) is 20.4 Å². The molecule has 4 N–H and O–H groups in total. The number of primary amides is 1. The number of carbonyl (C=O) groups is 2. The normalized spacial score (nSPS) is 10.8. The number of hydrogen-bond donors (Lipinski definition) is 3. The zero-order chi connectivity index (χ0) is 13.6. The molecule has 18 heavy (non-hydrogen) atoms. The molecule has 0 unspecified atom stereocenters. The molecule has 0 heterocycles. The number of rotatable bonds is 5. The summed E-state index contributed by atoms with van der Waals surface area (Å²) in [6.45, 7) is 4.03. The van der Waals surface area contributed by atoms with E-state index >= 15 is 0 Å². The maximum atomic E-state index is 11.5. The molecule has 1 aromatic carbocycles. The van der Waals surface area contributed by atoms with Crippen LogP contribution >= 0.6 is 0 Å². The number of nitrogens with two attached hydrogens (primary N) is 1. The van der Waals surface area contributed by atoms with E-state index in [0.717, 1.165) is 5.56 Å². The predicted octanol–water partition coefficient (Wildman–Crippen LogP) is 0.997. The third kappa shape index (κ3) is 4.45. The Morgan fingerprint density at radius 3 is 2.33 bits per heavy atom. The second kappa shape index (κ2) is 6.05. The van der Waals surface area contributed by atoms with E-state index in [-0.39, 0.29) is 12.6 Å². The van der Waals surface area contributed by atoms with Crippen molar-refractivity contribution in [2.75, 3.05) is 6.54 Å². The maximum Gasteiger partial charge on any atom is 0.315 e. The Labute approximate surface area is 107 Å². The topological polar surface area (TPSA) is 84.2 Å². The van der Waals surface area contributed by atoms with E-state index in [1.54, 1.807) is 13.8 Å². The Kier molecular flexibility index (Phi) is 4.71. The van der Waals surface area contributed by atoms with Gasteiger partial charge in [-0.25, -0.2) is 4.79 Å². The molecule has 0 bridgehead atoms. The Bertz CT molecular complexity index is 416. The molecule has 0 aliphatic rings. The molecule has 0 saturated heterocycles. The van der Waals surface area contributed by atoms with Crippen LogP contribution in [0.2, 0.25) is 0 Å². The zero-order valence-electron chi connectivity index (χ0n) is 10.7. The molecule has 0 saturated carbocycles. The van der Waals surface area contributed by atoms with Gasteiger partial charge >= 0.3 is 6.03 Å². The first-order chi connectivity index (χ1) is 8.42. The summed E-state index contributed by atoms with van der Waals surface area (Å²) in [5, 5.41) is 5.33. The molecule has 1 rings (SSSR count). The molecule has 0 fully saturated rings. The molecule has 0 aromatic heterocycles. The van der Waals surface area contributed by atoms with Crippen molar-refractivity contribution in [3.63, 3.8) is 0 Å². The Morgan fingerprint density at radius 2 is 1.78 bits per heavy atom. The fourth-order valence-electron chi connectivity index (χ4n) is 1.23. The summed E-state index contributed by atoms with van der Waals surface area (Å²) in [6.07, 6.45) is 0. The molecule has 5 nitrogen and oxygen atoms in total. The lowest BCUT2D eigenvalue weighted by Gasteiger charge is -2.20. The summed E-state index contributed by atoms with van der Waals surface area (Å²) in [4.78, 5) is 22.6. The first-order valence-electron chi connectivity index (χ1n) is 5.77. The van der Waals surface area contributed by atoms with Gasteiger partial charge in [-0.05, 0) is 19.4 Å². The highest BCUT2D eigenvalue weighted by molar-refractivity contribution is 5.81. The van der Waals surface area contributed by atoms with Crippen molar-refractivity contribution in [1.82, 2.24) is 10.6 Å². The van der Waals surface area contributed by atoms with Crippen molar-refractivity contribution < 1.29 is 9.59 Å². The molecule has 3 amide bonds. The van der Waals surface area contributed by atoms with Crippen molar-refractivity contribution in [1.29, 1.82) is 0 Å². The van der Waals surface area contributed by atoms with E-state index in [4.69, 9.17) is 5.73 Å². The summed E-state index contributed by atoms with van der Waals surface area (Å²) in [5.41, 5.74) is 5.48. The van der Waals surface area contributed by atoms with Crippen LogP contribution < -0.4 is 16.4 Å². The lowest BCUT2D eigenvalue weighted by Crippen LogP contribution is -2.45. The first kappa shape index (κ1) is 14.0. The van der Waals surface area contributed by atoms with E-state index < -0.39 is 11.3 Å². The van der Waals surface area contributed by atoms with Gasteiger partial charge in [0.2, 0.25) is 5.91 Å². The lowest BCUT2D eigenvalue weighted by atomic mass is 9.93. The van der Waals surface area contributed by atoms with Crippen molar-refractivity contribution >= 4 is 11.9 Å². The first-order valence-corrected chi connectivity index (χ1v) is 5.77. The van der Waals surface area contributed by atoms with Crippen LogP contribution in [0, 0.1) is 5.41 Å². The summed E-state index contributed by atoms with van der Waals surface area (Å²) in [6, 6.07) is 9.27. The van der Waals surface area contributed by atoms with Crippen molar-refractivity contribution in [3.05, 3.63) is 35.9 Å². The fraction of sp³-hybridized carbons (Fsp3) is 0.385. The second-order valence-electron chi connectivity index (χ2n) is 4.77. The quantitative estimate of drug-likeness (QED) is 0.727. The number of carbonyl (C=O) groups excluding carboxylic acids is 2. The summed E-state index contributed by atoms with van der Waals surface area (Å²) >= 11 is 0. The standard InChI is InChI=1S/C13H19N3O2/c1-13(2,11(14)17)9-16-12(18)15-8-10-6-4-3-5-7-10/h3-7H,8-9H2,1-2H3,(H2,14,17)(H2,15,16,18). The molecule has 0 aliphatic heterocycles. The minimum absolute atomic E-state index is 0.211. The molecule has 98 valence electrons. The number of benzene rings is 1. The van der Waals surface area contributed by atoms with Gasteiger partial charge in [0.15, 0.2) is 0 Å². The Morgan fingerprint density at radius 1 is 1.17 bits per heavy atom. The van der Waals surface area contributed by atoms with Crippen LogP contribution in [0.15, 0.2) is 30.3 Å². The van der Waals surface area contributed by atoms with E-state index in [1.165, 1.54) is 0 Å². The van der Waals surface area contributed by atoms with Gasteiger partial charge in [-0.2, -0.15) is 0 Å². The van der Waals surface area contributed by atoms with Gasteiger partial charge in [-0.15, -0.1) is 0 Å². The molecule has 1 aromatic rings. The van der Waals surface area contributed by atoms with Gasteiger partial charge < -0.3 is 16.4 Å². The van der Waals surface area contributed by atoms with E-state index in [0.29, 0.717) is 6.54 Å². The third-order valence-electron chi connectivity index (χ3n) is 2.65. The maximum absolute atomic E-state index is 11.5. The van der Waals surface area contributed by atoms with Crippen LogP contribution in [-0.4, -0.2) is 18.5 Å². The van der Waals surface area contributed by atoms with E-state index in [2.05, 4.69) is 10.6 Å². The average molecular weight is 249 g/mol. The van der Waals surface area contributed by atoms with Crippen LogP contribution in [0.3, 0.4) is 0 Å². The van der Waals surface area contributed by atoms with Crippen LogP contribution in [-0.2, 0) is 11.3 Å². The van der Waals surface area contributed by atoms with Crippen LogP contribution in [0.1, 0.15) is 19.4 Å². The molecule has 0 aliphatic carbocycles. The highest BCUT2D eigenvalue weighted by Gasteiger charge is 2.25. The summed E-state index contributed by atoms with van der Waals surface area (Å²) < 4.78 is 0. The number of hydrogen-bond acceptors (Lipinski definition) is 2. The molecular formula is C13H19N3O2. The number of amides is 3. The average Bonchev–Trinajstić information content (AvgIpc) is 2.35. The Balaban J connectivity index is 2.33. The van der Waals surface area contributed by atoms with Gasteiger partial charge in [0.05, 0.1) is 5.41 Å². The second-order valence-corrected chi connectivity index (χ2v) is 4.77. The van der Waals surface area contributed by atoms with Gasteiger partial charge in [-0.3, -0.25) is 4.79 Å². The van der Waals surface area contributed by atoms with Crippen molar-refractivity contribution in [2.24, 2.45) is 11.1 Å². The SMILES string of the molecule is CC(C)(CNC(=O)NCc1ccccc1)C(N)=O. The Hall–Kier alpha value is -2.04. The largest absolute Gasteiger partial charge is 0.369 e. The molecular weight excluding hydrogens is 230 g/mol. The van der Waals surface area contributed by atoms with Crippen LogP contribution in [0.25, 0.3) is 0 Å². The summed E-state index contributed by atoms with van der Waals surface area (Å²) in [5.74, 6) is -0.439. The smallest absolute Gasteiger partial charge is 0.315 e. The lowest BCUT2D eigenvalue weighted by molar-refractivity contribution is -0.125. The monoisotopic (exact) mass is 249 g/mol. The number of urea groups is 1. The van der Waals surface area contributed by atoms with Crippen molar-refractivity contribution in [3.8, 4) is 0 Å².